The normalized spacial score (nSPS) is 21.6. The second kappa shape index (κ2) is 3.49. The predicted molar refractivity (Wildman–Crippen MR) is 55.3 cm³/mol. The van der Waals surface area contributed by atoms with Crippen molar-refractivity contribution < 1.29 is 4.79 Å². The molecule has 0 aromatic carbocycles. The van der Waals surface area contributed by atoms with Gasteiger partial charge < -0.3 is 0 Å². The van der Waals surface area contributed by atoms with Gasteiger partial charge in [-0.15, -0.1) is 6.58 Å². The lowest BCUT2D eigenvalue weighted by Gasteiger charge is -2.10. The lowest BCUT2D eigenvalue weighted by Crippen LogP contribution is -2.24. The SMILES string of the molecule is C=CC1CC(=O)N(c2nc(C)ns2)C1. The second-order valence-electron chi connectivity index (χ2n) is 3.33. The minimum absolute atomic E-state index is 0.117. The first-order valence-corrected chi connectivity index (χ1v) is 5.21. The molecule has 5 heteroatoms. The summed E-state index contributed by atoms with van der Waals surface area (Å²) < 4.78 is 4.06. The van der Waals surface area contributed by atoms with Crippen LogP contribution in [0.25, 0.3) is 0 Å². The molecule has 2 rings (SSSR count). The highest BCUT2D eigenvalue weighted by atomic mass is 32.1. The number of hydrogen-bond acceptors (Lipinski definition) is 4. The van der Waals surface area contributed by atoms with E-state index in [4.69, 9.17) is 0 Å². The third-order valence-electron chi connectivity index (χ3n) is 2.24. The number of anilines is 1. The van der Waals surface area contributed by atoms with Crippen molar-refractivity contribution in [2.45, 2.75) is 13.3 Å². The average Bonchev–Trinajstić information content (AvgIpc) is 2.71. The van der Waals surface area contributed by atoms with Gasteiger partial charge in [-0.1, -0.05) is 6.08 Å². The van der Waals surface area contributed by atoms with Crippen molar-refractivity contribution in [2.24, 2.45) is 5.92 Å². The number of nitrogens with zero attached hydrogens (tertiary/aromatic N) is 3. The van der Waals surface area contributed by atoms with Crippen LogP contribution in [0.5, 0.6) is 0 Å². The van der Waals surface area contributed by atoms with Gasteiger partial charge in [0.05, 0.1) is 0 Å². The van der Waals surface area contributed by atoms with Gasteiger partial charge in [0.25, 0.3) is 0 Å². The molecule has 1 fully saturated rings. The van der Waals surface area contributed by atoms with Gasteiger partial charge in [-0.2, -0.15) is 4.37 Å². The Morgan fingerprint density at radius 2 is 2.50 bits per heavy atom. The maximum absolute atomic E-state index is 11.6. The molecule has 14 heavy (non-hydrogen) atoms. The van der Waals surface area contributed by atoms with Crippen molar-refractivity contribution in [3.8, 4) is 0 Å². The number of amides is 1. The minimum Gasteiger partial charge on any atom is -0.286 e. The lowest BCUT2D eigenvalue weighted by atomic mass is 10.1. The van der Waals surface area contributed by atoms with E-state index in [-0.39, 0.29) is 11.8 Å². The van der Waals surface area contributed by atoms with Gasteiger partial charge in [-0.3, -0.25) is 9.69 Å². The van der Waals surface area contributed by atoms with Gasteiger partial charge in [0.2, 0.25) is 11.0 Å². The summed E-state index contributed by atoms with van der Waals surface area (Å²) in [5.74, 6) is 1.10. The van der Waals surface area contributed by atoms with Crippen LogP contribution in [0.3, 0.4) is 0 Å². The highest BCUT2D eigenvalue weighted by Crippen LogP contribution is 2.26. The van der Waals surface area contributed by atoms with Gasteiger partial charge in [-0.25, -0.2) is 4.98 Å². The molecule has 1 aromatic heterocycles. The minimum atomic E-state index is 0.117. The summed E-state index contributed by atoms with van der Waals surface area (Å²) in [5, 5.41) is 0.705. The second-order valence-corrected chi connectivity index (χ2v) is 4.06. The zero-order valence-corrected chi connectivity index (χ0v) is 8.75. The van der Waals surface area contributed by atoms with Crippen molar-refractivity contribution in [3.05, 3.63) is 18.5 Å². The first-order valence-electron chi connectivity index (χ1n) is 4.44. The molecule has 0 aliphatic carbocycles. The Balaban J connectivity index is 2.20. The van der Waals surface area contributed by atoms with Gasteiger partial charge in [-0.05, 0) is 6.92 Å². The summed E-state index contributed by atoms with van der Waals surface area (Å²) in [6.45, 7) is 6.22. The van der Waals surface area contributed by atoms with E-state index in [0.29, 0.717) is 18.1 Å². The van der Waals surface area contributed by atoms with Crippen LogP contribution in [-0.2, 0) is 4.79 Å². The number of carbonyl (C=O) groups excluding carboxylic acids is 1. The summed E-state index contributed by atoms with van der Waals surface area (Å²) in [5.41, 5.74) is 0. The molecule has 0 saturated carbocycles. The van der Waals surface area contributed by atoms with Gasteiger partial charge in [0, 0.05) is 30.4 Å². The Morgan fingerprint density at radius 1 is 1.71 bits per heavy atom. The molecular weight excluding hydrogens is 198 g/mol. The van der Waals surface area contributed by atoms with E-state index >= 15 is 0 Å². The van der Waals surface area contributed by atoms with Crippen molar-refractivity contribution in [1.29, 1.82) is 0 Å². The molecule has 0 N–H and O–H groups in total. The van der Waals surface area contributed by atoms with Crippen LogP contribution in [0.2, 0.25) is 0 Å². The molecule has 0 bridgehead atoms. The van der Waals surface area contributed by atoms with Crippen molar-refractivity contribution >= 4 is 22.6 Å². The lowest BCUT2D eigenvalue weighted by molar-refractivity contribution is -0.117. The quantitative estimate of drug-likeness (QED) is 0.691. The highest BCUT2D eigenvalue weighted by Gasteiger charge is 2.30. The van der Waals surface area contributed by atoms with E-state index in [9.17, 15) is 4.79 Å². The highest BCUT2D eigenvalue weighted by molar-refractivity contribution is 7.09. The molecule has 0 radical (unpaired) electrons. The number of rotatable bonds is 2. The number of hydrogen-bond donors (Lipinski definition) is 0. The largest absolute Gasteiger partial charge is 0.286 e. The zero-order chi connectivity index (χ0) is 10.1. The third kappa shape index (κ3) is 1.55. The van der Waals surface area contributed by atoms with E-state index in [2.05, 4.69) is 15.9 Å². The van der Waals surface area contributed by atoms with Crippen LogP contribution in [0.1, 0.15) is 12.2 Å². The van der Waals surface area contributed by atoms with Crippen molar-refractivity contribution in [2.75, 3.05) is 11.4 Å². The summed E-state index contributed by atoms with van der Waals surface area (Å²) in [4.78, 5) is 17.5. The monoisotopic (exact) mass is 209 g/mol. The molecule has 1 unspecified atom stereocenters. The van der Waals surface area contributed by atoms with E-state index in [1.165, 1.54) is 11.5 Å². The van der Waals surface area contributed by atoms with Crippen molar-refractivity contribution in [1.82, 2.24) is 9.36 Å². The first-order chi connectivity index (χ1) is 6.70. The molecule has 1 aromatic rings. The fraction of sp³-hybridized carbons (Fsp3) is 0.444. The van der Waals surface area contributed by atoms with Crippen LogP contribution in [0.15, 0.2) is 12.7 Å². The fourth-order valence-electron chi connectivity index (χ4n) is 1.47. The van der Waals surface area contributed by atoms with Crippen molar-refractivity contribution in [3.63, 3.8) is 0 Å². The topological polar surface area (TPSA) is 46.1 Å². The van der Waals surface area contributed by atoms with E-state index in [1.807, 2.05) is 13.0 Å². The predicted octanol–water partition coefficient (Wildman–Crippen LogP) is 1.39. The summed E-state index contributed by atoms with van der Waals surface area (Å²) in [6.07, 6.45) is 2.37. The molecule has 74 valence electrons. The fourth-order valence-corrected chi connectivity index (χ4v) is 2.18. The Labute approximate surface area is 86.4 Å². The Kier molecular flexibility index (Phi) is 2.33. The molecule has 4 nitrogen and oxygen atoms in total. The molecular formula is C9H11N3OS. The van der Waals surface area contributed by atoms with E-state index in [0.717, 1.165) is 5.82 Å². The zero-order valence-electron chi connectivity index (χ0n) is 7.93. The molecule has 0 spiro atoms. The Morgan fingerprint density at radius 3 is 3.00 bits per heavy atom. The summed E-state index contributed by atoms with van der Waals surface area (Å²) in [7, 11) is 0. The Hall–Kier alpha value is -1.23. The van der Waals surface area contributed by atoms with Crippen LogP contribution in [-0.4, -0.2) is 21.8 Å². The standard InChI is InChI=1S/C9H11N3OS/c1-3-7-4-8(13)12(5-7)9-10-6(2)11-14-9/h3,7H,1,4-5H2,2H3. The van der Waals surface area contributed by atoms with Crippen LogP contribution in [0, 0.1) is 12.8 Å². The number of aromatic nitrogens is 2. The maximum atomic E-state index is 11.6. The van der Waals surface area contributed by atoms with Crippen LogP contribution in [0.4, 0.5) is 5.13 Å². The molecule has 2 heterocycles. The van der Waals surface area contributed by atoms with Crippen LogP contribution >= 0.6 is 11.5 Å². The van der Waals surface area contributed by atoms with Gasteiger partial charge in [0.15, 0.2) is 0 Å². The summed E-state index contributed by atoms with van der Waals surface area (Å²) in [6, 6.07) is 0. The van der Waals surface area contributed by atoms with Crippen LogP contribution < -0.4 is 4.90 Å². The van der Waals surface area contributed by atoms with Gasteiger partial charge >= 0.3 is 0 Å². The van der Waals surface area contributed by atoms with Gasteiger partial charge in [0.1, 0.15) is 5.82 Å². The molecule has 1 amide bonds. The Bertz CT molecular complexity index is 374. The number of carbonyl (C=O) groups is 1. The molecule has 1 atom stereocenters. The third-order valence-corrected chi connectivity index (χ3v) is 3.07. The molecule has 1 saturated heterocycles. The van der Waals surface area contributed by atoms with E-state index in [1.54, 1.807) is 4.90 Å². The maximum Gasteiger partial charge on any atom is 0.229 e. The smallest absolute Gasteiger partial charge is 0.229 e. The number of aryl methyl sites for hydroxylation is 1. The average molecular weight is 209 g/mol. The molecule has 1 aliphatic heterocycles. The molecule has 1 aliphatic rings. The first kappa shape index (κ1) is 9.33. The van der Waals surface area contributed by atoms with E-state index < -0.39 is 0 Å². The summed E-state index contributed by atoms with van der Waals surface area (Å²) >= 11 is 1.27.